The summed E-state index contributed by atoms with van der Waals surface area (Å²) in [5.74, 6) is -0.887. The molecule has 0 radical (unpaired) electrons. The van der Waals surface area contributed by atoms with Gasteiger partial charge in [0.2, 0.25) is 0 Å². The van der Waals surface area contributed by atoms with Gasteiger partial charge < -0.3 is 18.9 Å². The minimum absolute atomic E-state index is 0.132. The molecule has 0 amide bonds. The number of allylic oxidation sites excluding steroid dienone is 1. The number of benzene rings is 1. The van der Waals surface area contributed by atoms with E-state index in [1.54, 1.807) is 51.1 Å². The summed E-state index contributed by atoms with van der Waals surface area (Å²) in [5, 5.41) is 0. The van der Waals surface area contributed by atoms with Gasteiger partial charge in [-0.15, -0.1) is 0 Å². The molecule has 0 aromatic heterocycles. The van der Waals surface area contributed by atoms with Crippen molar-refractivity contribution >= 4 is 23.8 Å². The zero-order chi connectivity index (χ0) is 21.0. The summed E-state index contributed by atoms with van der Waals surface area (Å²) in [6, 6.07) is 6.85. The number of carbonyl (C=O) groups is 3. The van der Waals surface area contributed by atoms with Gasteiger partial charge in [0, 0.05) is 6.61 Å². The molecule has 0 spiro atoms. The van der Waals surface area contributed by atoms with Crippen molar-refractivity contribution in [2.24, 2.45) is 0 Å². The fourth-order valence-electron chi connectivity index (χ4n) is 2.09. The number of carbonyl (C=O) groups excluding carboxylic acids is 3. The maximum Gasteiger partial charge on any atom is 0.349 e. The highest BCUT2D eigenvalue weighted by molar-refractivity contribution is 6.03. The maximum atomic E-state index is 11.9. The molecule has 0 N–H and O–H groups in total. The molecule has 0 saturated heterocycles. The van der Waals surface area contributed by atoms with E-state index in [1.807, 2.05) is 6.92 Å². The van der Waals surface area contributed by atoms with Crippen LogP contribution in [0.15, 0.2) is 30.3 Å². The quantitative estimate of drug-likeness (QED) is 0.234. The second-order valence-electron chi connectivity index (χ2n) is 6.30. The molecule has 0 saturated carbocycles. The summed E-state index contributed by atoms with van der Waals surface area (Å²) in [6.45, 7) is 8.11. The first-order valence-corrected chi connectivity index (χ1v) is 9.19. The predicted octanol–water partition coefficient (Wildman–Crippen LogP) is 2.96. The van der Waals surface area contributed by atoms with Crippen LogP contribution in [0.5, 0.6) is 5.75 Å². The summed E-state index contributed by atoms with van der Waals surface area (Å²) < 4.78 is 20.6. The molecule has 154 valence electrons. The zero-order valence-electron chi connectivity index (χ0n) is 16.9. The standard InChI is InChI=1S/C21H28O7/c1-5-25-13-14-27-19(23)15-17(22)10-7-16-8-11-18(12-9-16)28-21(3,4)20(24)26-6-2/h7-12H,5-6,13-15H2,1-4H3. The molecule has 0 bridgehead atoms. The summed E-state index contributed by atoms with van der Waals surface area (Å²) in [5.41, 5.74) is -0.356. The fourth-order valence-corrected chi connectivity index (χ4v) is 2.09. The molecule has 7 heteroatoms. The van der Waals surface area contributed by atoms with Crippen LogP contribution in [-0.4, -0.2) is 49.8 Å². The largest absolute Gasteiger partial charge is 0.476 e. The Kier molecular flexibility index (Phi) is 9.95. The third kappa shape index (κ3) is 8.81. The highest BCUT2D eigenvalue weighted by atomic mass is 16.6. The summed E-state index contributed by atoms with van der Waals surface area (Å²) in [7, 11) is 0. The van der Waals surface area contributed by atoms with Crippen LogP contribution in [0.4, 0.5) is 0 Å². The van der Waals surface area contributed by atoms with Crippen LogP contribution >= 0.6 is 0 Å². The van der Waals surface area contributed by atoms with Crippen molar-refractivity contribution in [3.63, 3.8) is 0 Å². The smallest absolute Gasteiger partial charge is 0.349 e. The summed E-state index contributed by atoms with van der Waals surface area (Å²) >= 11 is 0. The third-order valence-electron chi connectivity index (χ3n) is 3.50. The molecule has 0 aliphatic carbocycles. The van der Waals surface area contributed by atoms with E-state index in [0.29, 0.717) is 19.0 Å². The Morgan fingerprint density at radius 3 is 2.25 bits per heavy atom. The number of rotatable bonds is 12. The summed E-state index contributed by atoms with van der Waals surface area (Å²) in [4.78, 5) is 35.2. The SMILES string of the molecule is CCOCCOC(=O)CC(=O)C=Cc1ccc(OC(C)(C)C(=O)OCC)cc1. The third-order valence-corrected chi connectivity index (χ3v) is 3.50. The highest BCUT2D eigenvalue weighted by Gasteiger charge is 2.31. The van der Waals surface area contributed by atoms with E-state index in [-0.39, 0.29) is 25.4 Å². The Morgan fingerprint density at radius 2 is 1.64 bits per heavy atom. The van der Waals surface area contributed by atoms with Gasteiger partial charge in [-0.1, -0.05) is 18.2 Å². The van der Waals surface area contributed by atoms with E-state index in [0.717, 1.165) is 5.56 Å². The molecular formula is C21H28O7. The highest BCUT2D eigenvalue weighted by Crippen LogP contribution is 2.20. The molecular weight excluding hydrogens is 364 g/mol. The van der Waals surface area contributed by atoms with Gasteiger partial charge in [-0.05, 0) is 51.5 Å². The molecule has 0 fully saturated rings. The lowest BCUT2D eigenvalue weighted by Gasteiger charge is -2.24. The molecule has 7 nitrogen and oxygen atoms in total. The molecule has 28 heavy (non-hydrogen) atoms. The van der Waals surface area contributed by atoms with Crippen LogP contribution in [0, 0.1) is 0 Å². The van der Waals surface area contributed by atoms with Crippen molar-refractivity contribution in [2.75, 3.05) is 26.4 Å². The Morgan fingerprint density at radius 1 is 0.964 bits per heavy atom. The van der Waals surface area contributed by atoms with Crippen molar-refractivity contribution in [1.29, 1.82) is 0 Å². The topological polar surface area (TPSA) is 88.1 Å². The van der Waals surface area contributed by atoms with Crippen LogP contribution in [0.1, 0.15) is 39.7 Å². The number of hydrogen-bond donors (Lipinski definition) is 0. The second-order valence-corrected chi connectivity index (χ2v) is 6.30. The van der Waals surface area contributed by atoms with Crippen LogP contribution in [0.25, 0.3) is 6.08 Å². The monoisotopic (exact) mass is 392 g/mol. The molecule has 0 aliphatic heterocycles. The lowest BCUT2D eigenvalue weighted by Crippen LogP contribution is -2.39. The number of ether oxygens (including phenoxy) is 4. The maximum absolute atomic E-state index is 11.9. The van der Waals surface area contributed by atoms with Crippen molar-refractivity contribution in [2.45, 2.75) is 39.7 Å². The number of esters is 2. The Labute approximate surface area is 165 Å². The molecule has 1 rings (SSSR count). The van der Waals surface area contributed by atoms with Gasteiger partial charge in [0.15, 0.2) is 11.4 Å². The van der Waals surface area contributed by atoms with Gasteiger partial charge in [-0.3, -0.25) is 9.59 Å². The molecule has 0 heterocycles. The lowest BCUT2D eigenvalue weighted by molar-refractivity contribution is -0.158. The molecule has 0 unspecified atom stereocenters. The van der Waals surface area contributed by atoms with Gasteiger partial charge in [0.1, 0.15) is 18.8 Å². The van der Waals surface area contributed by atoms with E-state index in [1.165, 1.54) is 6.08 Å². The minimum Gasteiger partial charge on any atom is -0.476 e. The fraction of sp³-hybridized carbons (Fsp3) is 0.476. The van der Waals surface area contributed by atoms with Gasteiger partial charge in [-0.25, -0.2) is 4.79 Å². The van der Waals surface area contributed by atoms with E-state index in [2.05, 4.69) is 0 Å². The Hall–Kier alpha value is -2.67. The first-order chi connectivity index (χ1) is 13.3. The van der Waals surface area contributed by atoms with Crippen LogP contribution < -0.4 is 4.74 Å². The second kappa shape index (κ2) is 11.9. The number of ketones is 1. The van der Waals surface area contributed by atoms with Gasteiger partial charge in [0.25, 0.3) is 0 Å². The van der Waals surface area contributed by atoms with Crippen molar-refractivity contribution < 1.29 is 33.3 Å². The Balaban J connectivity index is 2.52. The molecule has 1 aromatic carbocycles. The van der Waals surface area contributed by atoms with Crippen molar-refractivity contribution in [3.8, 4) is 5.75 Å². The average Bonchev–Trinajstić information content (AvgIpc) is 2.64. The predicted molar refractivity (Wildman–Crippen MR) is 104 cm³/mol. The van der Waals surface area contributed by atoms with Crippen LogP contribution in [0.3, 0.4) is 0 Å². The first kappa shape index (κ1) is 23.4. The van der Waals surface area contributed by atoms with Gasteiger partial charge >= 0.3 is 11.9 Å². The normalized spacial score (nSPS) is 11.3. The molecule has 0 atom stereocenters. The van der Waals surface area contributed by atoms with E-state index in [4.69, 9.17) is 18.9 Å². The van der Waals surface area contributed by atoms with Gasteiger partial charge in [0.05, 0.1) is 13.2 Å². The molecule has 1 aromatic rings. The minimum atomic E-state index is -1.11. The van der Waals surface area contributed by atoms with E-state index >= 15 is 0 Å². The lowest BCUT2D eigenvalue weighted by atomic mass is 10.1. The first-order valence-electron chi connectivity index (χ1n) is 9.19. The van der Waals surface area contributed by atoms with Gasteiger partial charge in [-0.2, -0.15) is 0 Å². The van der Waals surface area contributed by atoms with E-state index < -0.39 is 17.5 Å². The van der Waals surface area contributed by atoms with Crippen LogP contribution in [-0.2, 0) is 28.6 Å². The Bertz CT molecular complexity index is 674. The average molecular weight is 392 g/mol. The van der Waals surface area contributed by atoms with Crippen molar-refractivity contribution in [3.05, 3.63) is 35.9 Å². The van der Waals surface area contributed by atoms with Crippen LogP contribution in [0.2, 0.25) is 0 Å². The van der Waals surface area contributed by atoms with Crippen molar-refractivity contribution in [1.82, 2.24) is 0 Å². The summed E-state index contributed by atoms with van der Waals surface area (Å²) in [6.07, 6.45) is 2.59. The zero-order valence-corrected chi connectivity index (χ0v) is 16.9. The molecule has 0 aliphatic rings. The van der Waals surface area contributed by atoms with E-state index in [9.17, 15) is 14.4 Å². The number of hydrogen-bond acceptors (Lipinski definition) is 7.